The fourth-order valence-electron chi connectivity index (χ4n) is 2.21. The molecule has 0 radical (unpaired) electrons. The lowest BCUT2D eigenvalue weighted by Crippen LogP contribution is -2.46. The Morgan fingerprint density at radius 3 is 2.95 bits per heavy atom. The molecule has 1 saturated heterocycles. The summed E-state index contributed by atoms with van der Waals surface area (Å²) in [4.78, 5) is 25.2. The van der Waals surface area contributed by atoms with Gasteiger partial charge in [-0.25, -0.2) is 0 Å². The maximum absolute atomic E-state index is 12.1. The monoisotopic (exact) mass is 311 g/mol. The summed E-state index contributed by atoms with van der Waals surface area (Å²) in [5.41, 5.74) is 6.07. The van der Waals surface area contributed by atoms with E-state index in [0.29, 0.717) is 36.0 Å². The van der Waals surface area contributed by atoms with Crippen LogP contribution in [0.5, 0.6) is 0 Å². The minimum absolute atomic E-state index is 0.0371. The number of benzene rings is 1. The zero-order chi connectivity index (χ0) is 15.4. The lowest BCUT2D eigenvalue weighted by Gasteiger charge is -2.31. The molecule has 0 aliphatic carbocycles. The van der Waals surface area contributed by atoms with Gasteiger partial charge in [-0.15, -0.1) is 0 Å². The molecule has 0 saturated carbocycles. The fraction of sp³-hybridized carbons (Fsp3) is 0.429. The van der Waals surface area contributed by atoms with Gasteiger partial charge in [0.15, 0.2) is 0 Å². The molecule has 1 atom stereocenters. The zero-order valence-corrected chi connectivity index (χ0v) is 12.5. The van der Waals surface area contributed by atoms with Crippen molar-refractivity contribution in [2.45, 2.75) is 13.0 Å². The first kappa shape index (κ1) is 15.6. The second-order valence-corrected chi connectivity index (χ2v) is 5.37. The van der Waals surface area contributed by atoms with Crippen LogP contribution in [0.2, 0.25) is 5.02 Å². The van der Waals surface area contributed by atoms with Crippen molar-refractivity contribution < 1.29 is 14.3 Å². The second-order valence-electron chi connectivity index (χ2n) is 4.93. The number of primary amides is 1. The van der Waals surface area contributed by atoms with Crippen molar-refractivity contribution in [3.8, 4) is 0 Å². The number of ether oxygens (including phenoxy) is 1. The van der Waals surface area contributed by atoms with Crippen molar-refractivity contribution in [2.24, 2.45) is 5.73 Å². The van der Waals surface area contributed by atoms with Crippen LogP contribution in [0.4, 0.5) is 5.69 Å². The average molecular weight is 312 g/mol. The topological polar surface area (TPSA) is 84.7 Å². The van der Waals surface area contributed by atoms with Crippen molar-refractivity contribution in [3.05, 3.63) is 28.8 Å². The van der Waals surface area contributed by atoms with Gasteiger partial charge in [0.25, 0.3) is 5.91 Å². The minimum atomic E-state index is -0.568. The van der Waals surface area contributed by atoms with Crippen molar-refractivity contribution in [1.82, 2.24) is 4.90 Å². The molecule has 0 spiro atoms. The number of amides is 2. The Morgan fingerprint density at radius 1 is 1.52 bits per heavy atom. The first-order chi connectivity index (χ1) is 9.97. The Hall–Kier alpha value is -1.79. The third-order valence-electron chi connectivity index (χ3n) is 3.27. The van der Waals surface area contributed by atoms with Crippen LogP contribution < -0.4 is 11.1 Å². The number of carbonyl (C=O) groups excluding carboxylic acids is 2. The van der Waals surface area contributed by atoms with E-state index in [1.165, 1.54) is 6.07 Å². The number of morpholine rings is 1. The Bertz CT molecular complexity index is 550. The lowest BCUT2D eigenvalue weighted by molar-refractivity contribution is -0.136. The number of anilines is 1. The third kappa shape index (κ3) is 4.09. The van der Waals surface area contributed by atoms with Gasteiger partial charge in [-0.05, 0) is 25.1 Å². The average Bonchev–Trinajstić information content (AvgIpc) is 2.44. The van der Waals surface area contributed by atoms with Gasteiger partial charge in [0, 0.05) is 23.8 Å². The summed E-state index contributed by atoms with van der Waals surface area (Å²) in [6.07, 6.45) is 0.0371. The molecule has 1 fully saturated rings. The molecule has 0 aromatic heterocycles. The molecule has 1 unspecified atom stereocenters. The van der Waals surface area contributed by atoms with Gasteiger partial charge in [-0.2, -0.15) is 0 Å². The van der Waals surface area contributed by atoms with Crippen molar-refractivity contribution >= 4 is 29.1 Å². The highest BCUT2D eigenvalue weighted by atomic mass is 35.5. The van der Waals surface area contributed by atoms with E-state index in [0.717, 1.165) is 0 Å². The SMILES string of the molecule is CC1CN(C(=O)CNc2cc(Cl)ccc2C(N)=O)CCO1. The summed E-state index contributed by atoms with van der Waals surface area (Å²) in [5.74, 6) is -0.623. The fourth-order valence-corrected chi connectivity index (χ4v) is 2.38. The number of carbonyl (C=O) groups is 2. The summed E-state index contributed by atoms with van der Waals surface area (Å²) in [5, 5.41) is 3.40. The first-order valence-corrected chi connectivity index (χ1v) is 7.08. The van der Waals surface area contributed by atoms with E-state index in [9.17, 15) is 9.59 Å². The van der Waals surface area contributed by atoms with E-state index in [2.05, 4.69) is 5.32 Å². The number of hydrogen-bond donors (Lipinski definition) is 2. The summed E-state index contributed by atoms with van der Waals surface area (Å²) in [6.45, 7) is 3.68. The maximum atomic E-state index is 12.1. The van der Waals surface area contributed by atoms with Crippen LogP contribution in [0.15, 0.2) is 18.2 Å². The van der Waals surface area contributed by atoms with Crippen molar-refractivity contribution in [2.75, 3.05) is 31.6 Å². The van der Waals surface area contributed by atoms with Gasteiger partial charge in [0.1, 0.15) is 0 Å². The third-order valence-corrected chi connectivity index (χ3v) is 3.51. The van der Waals surface area contributed by atoms with E-state index in [1.807, 2.05) is 6.92 Å². The van der Waals surface area contributed by atoms with Gasteiger partial charge in [0.05, 0.1) is 24.8 Å². The van der Waals surface area contributed by atoms with Crippen LogP contribution in [-0.2, 0) is 9.53 Å². The van der Waals surface area contributed by atoms with Gasteiger partial charge < -0.3 is 20.7 Å². The molecule has 1 aliphatic rings. The summed E-state index contributed by atoms with van der Waals surface area (Å²) < 4.78 is 5.39. The van der Waals surface area contributed by atoms with Crippen LogP contribution in [0.25, 0.3) is 0 Å². The highest BCUT2D eigenvalue weighted by Gasteiger charge is 2.21. The quantitative estimate of drug-likeness (QED) is 0.872. The normalized spacial score (nSPS) is 18.4. The molecule has 2 rings (SSSR count). The molecule has 2 amide bonds. The minimum Gasteiger partial charge on any atom is -0.375 e. The predicted octanol–water partition coefficient (Wildman–Crippen LogP) is 1.10. The molecule has 21 heavy (non-hydrogen) atoms. The van der Waals surface area contributed by atoms with E-state index in [1.54, 1.807) is 17.0 Å². The molecule has 1 aromatic carbocycles. The van der Waals surface area contributed by atoms with E-state index in [4.69, 9.17) is 22.1 Å². The molecular weight excluding hydrogens is 294 g/mol. The Balaban J connectivity index is 2.00. The van der Waals surface area contributed by atoms with Gasteiger partial charge in [0.2, 0.25) is 5.91 Å². The van der Waals surface area contributed by atoms with E-state index in [-0.39, 0.29) is 18.6 Å². The first-order valence-electron chi connectivity index (χ1n) is 6.70. The van der Waals surface area contributed by atoms with Crippen LogP contribution in [0.3, 0.4) is 0 Å². The Kier molecular flexibility index (Phi) is 5.03. The Morgan fingerprint density at radius 2 is 2.29 bits per heavy atom. The van der Waals surface area contributed by atoms with Crippen LogP contribution in [0.1, 0.15) is 17.3 Å². The number of nitrogens with one attached hydrogen (secondary N) is 1. The van der Waals surface area contributed by atoms with Crippen LogP contribution >= 0.6 is 11.6 Å². The van der Waals surface area contributed by atoms with Crippen LogP contribution in [-0.4, -0.2) is 49.1 Å². The number of hydrogen-bond acceptors (Lipinski definition) is 4. The van der Waals surface area contributed by atoms with E-state index < -0.39 is 5.91 Å². The van der Waals surface area contributed by atoms with Crippen molar-refractivity contribution in [1.29, 1.82) is 0 Å². The number of nitrogens with zero attached hydrogens (tertiary/aromatic N) is 1. The van der Waals surface area contributed by atoms with Gasteiger partial charge >= 0.3 is 0 Å². The number of nitrogens with two attached hydrogens (primary N) is 1. The van der Waals surface area contributed by atoms with Gasteiger partial charge in [-0.1, -0.05) is 11.6 Å². The molecule has 3 N–H and O–H groups in total. The molecule has 0 bridgehead atoms. The molecule has 1 aromatic rings. The summed E-state index contributed by atoms with van der Waals surface area (Å²) >= 11 is 5.90. The van der Waals surface area contributed by atoms with Gasteiger partial charge in [-0.3, -0.25) is 9.59 Å². The van der Waals surface area contributed by atoms with Crippen LogP contribution in [0, 0.1) is 0 Å². The molecule has 6 nitrogen and oxygen atoms in total. The predicted molar refractivity (Wildman–Crippen MR) is 80.5 cm³/mol. The molecular formula is C14H18ClN3O3. The number of rotatable bonds is 4. The molecule has 1 aliphatic heterocycles. The Labute approximate surface area is 128 Å². The smallest absolute Gasteiger partial charge is 0.250 e. The molecule has 1 heterocycles. The van der Waals surface area contributed by atoms with E-state index >= 15 is 0 Å². The lowest BCUT2D eigenvalue weighted by atomic mass is 10.1. The largest absolute Gasteiger partial charge is 0.375 e. The molecule has 114 valence electrons. The second kappa shape index (κ2) is 6.78. The highest BCUT2D eigenvalue weighted by Crippen LogP contribution is 2.20. The standard InChI is InChI=1S/C14H18ClN3O3/c1-9-8-18(4-5-21-9)13(19)7-17-12-6-10(15)2-3-11(12)14(16)20/h2-3,6,9,17H,4-5,7-8H2,1H3,(H2,16,20). The van der Waals surface area contributed by atoms with Crippen molar-refractivity contribution in [3.63, 3.8) is 0 Å². The summed E-state index contributed by atoms with van der Waals surface area (Å²) in [7, 11) is 0. The maximum Gasteiger partial charge on any atom is 0.250 e. The molecule has 7 heteroatoms. The zero-order valence-electron chi connectivity index (χ0n) is 11.8. The highest BCUT2D eigenvalue weighted by molar-refractivity contribution is 6.31. The summed E-state index contributed by atoms with van der Waals surface area (Å²) in [6, 6.07) is 4.70. The number of halogens is 1.